The molecule has 5 nitrogen and oxygen atoms in total. The third kappa shape index (κ3) is 2.73. The maximum Gasteiger partial charge on any atom is 0.272 e. The Hall–Kier alpha value is -2.82. The average molecular weight is 322 g/mol. The van der Waals surface area contributed by atoms with Crippen molar-refractivity contribution < 1.29 is 14.7 Å². The number of fused-ring (bicyclic) bond motifs is 1. The van der Waals surface area contributed by atoms with E-state index < -0.39 is 0 Å². The highest BCUT2D eigenvalue weighted by molar-refractivity contribution is 6.39. The molecule has 1 atom stereocenters. The summed E-state index contributed by atoms with van der Waals surface area (Å²) in [6.07, 6.45) is 1.09. The molecule has 4 rings (SSSR count). The van der Waals surface area contributed by atoms with Crippen LogP contribution in [0.25, 0.3) is 0 Å². The molecule has 0 saturated heterocycles. The fourth-order valence-electron chi connectivity index (χ4n) is 3.25. The van der Waals surface area contributed by atoms with Crippen LogP contribution in [-0.2, 0) is 22.6 Å². The molecule has 0 spiro atoms. The highest BCUT2D eigenvalue weighted by atomic mass is 16.6. The Balaban J connectivity index is 1.46. The van der Waals surface area contributed by atoms with Gasteiger partial charge in [-0.2, -0.15) is 0 Å². The van der Waals surface area contributed by atoms with Crippen molar-refractivity contribution >= 4 is 11.6 Å². The smallest absolute Gasteiger partial charge is 0.272 e. The van der Waals surface area contributed by atoms with E-state index in [0.717, 1.165) is 17.5 Å². The molecule has 2 aliphatic heterocycles. The van der Waals surface area contributed by atoms with Crippen molar-refractivity contribution in [3.05, 3.63) is 65.2 Å². The van der Waals surface area contributed by atoms with Gasteiger partial charge in [0.05, 0.1) is 0 Å². The lowest BCUT2D eigenvalue weighted by molar-refractivity contribution is -0.125. The van der Waals surface area contributed by atoms with E-state index in [-0.39, 0.29) is 17.8 Å². The molecule has 2 aliphatic rings. The molecule has 0 bridgehead atoms. The van der Waals surface area contributed by atoms with E-state index in [4.69, 9.17) is 4.84 Å². The maximum absolute atomic E-state index is 12.7. The normalized spacial score (nSPS) is 19.4. The van der Waals surface area contributed by atoms with Crippen molar-refractivity contribution in [3.8, 4) is 5.75 Å². The van der Waals surface area contributed by atoms with Gasteiger partial charge in [-0.1, -0.05) is 41.6 Å². The first-order valence-corrected chi connectivity index (χ1v) is 8.08. The second kappa shape index (κ2) is 6.00. The minimum absolute atomic E-state index is 0.0811. The van der Waals surface area contributed by atoms with Gasteiger partial charge >= 0.3 is 0 Å². The summed E-state index contributed by atoms with van der Waals surface area (Å²) in [5.74, 6) is 0.149. The molecule has 1 amide bonds. The Kier molecular flexibility index (Phi) is 3.69. The lowest BCUT2D eigenvalue weighted by Gasteiger charge is -2.28. The molecule has 122 valence electrons. The minimum Gasteiger partial charge on any atom is -0.508 e. The van der Waals surface area contributed by atoms with Gasteiger partial charge in [-0.05, 0) is 35.2 Å². The Bertz CT molecular complexity index is 802. The van der Waals surface area contributed by atoms with E-state index >= 15 is 0 Å². The molecule has 0 aliphatic carbocycles. The minimum atomic E-state index is -0.189. The van der Waals surface area contributed by atoms with Crippen LogP contribution in [-0.4, -0.2) is 28.2 Å². The highest BCUT2D eigenvalue weighted by Crippen LogP contribution is 2.29. The van der Waals surface area contributed by atoms with Gasteiger partial charge in [-0.25, -0.2) is 0 Å². The number of hydrogen-bond acceptors (Lipinski definition) is 4. The molecular weight excluding hydrogens is 304 g/mol. The molecule has 2 aromatic rings. The summed E-state index contributed by atoms with van der Waals surface area (Å²) < 4.78 is 0. The molecule has 0 unspecified atom stereocenters. The van der Waals surface area contributed by atoms with Crippen LogP contribution in [0.4, 0.5) is 0 Å². The fraction of sp³-hybridized carbons (Fsp3) is 0.263. The number of carbonyl (C=O) groups excluding carboxylic acids is 1. The molecule has 0 aromatic heterocycles. The quantitative estimate of drug-likeness (QED) is 0.925. The summed E-state index contributed by atoms with van der Waals surface area (Å²) in [6.45, 7) is 1.16. The lowest BCUT2D eigenvalue weighted by atomic mass is 9.98. The van der Waals surface area contributed by atoms with Crippen molar-refractivity contribution in [2.75, 3.05) is 6.54 Å². The number of amides is 1. The Morgan fingerprint density at radius 1 is 1.17 bits per heavy atom. The zero-order valence-electron chi connectivity index (χ0n) is 13.2. The van der Waals surface area contributed by atoms with Crippen molar-refractivity contribution in [1.29, 1.82) is 0 Å². The number of benzene rings is 2. The zero-order chi connectivity index (χ0) is 16.5. The van der Waals surface area contributed by atoms with Crippen LogP contribution < -0.4 is 0 Å². The average Bonchev–Trinajstić information content (AvgIpc) is 3.11. The number of hydrogen-bond donors (Lipinski definition) is 1. The molecule has 2 heterocycles. The number of aromatic hydroxyl groups is 1. The first kappa shape index (κ1) is 14.8. The van der Waals surface area contributed by atoms with E-state index in [1.807, 2.05) is 36.4 Å². The van der Waals surface area contributed by atoms with Crippen molar-refractivity contribution in [2.24, 2.45) is 5.16 Å². The van der Waals surface area contributed by atoms with Crippen LogP contribution in [0.5, 0.6) is 5.75 Å². The molecule has 0 fully saturated rings. The van der Waals surface area contributed by atoms with Crippen LogP contribution in [0, 0.1) is 0 Å². The first-order valence-electron chi connectivity index (χ1n) is 8.08. The van der Waals surface area contributed by atoms with Gasteiger partial charge in [0.25, 0.3) is 5.91 Å². The molecule has 24 heavy (non-hydrogen) atoms. The van der Waals surface area contributed by atoms with Gasteiger partial charge in [0.1, 0.15) is 11.5 Å². The predicted molar refractivity (Wildman–Crippen MR) is 89.5 cm³/mol. The third-order valence-corrected chi connectivity index (χ3v) is 4.58. The molecule has 5 heteroatoms. The van der Waals surface area contributed by atoms with E-state index in [1.165, 1.54) is 5.56 Å². The van der Waals surface area contributed by atoms with Gasteiger partial charge in [-0.15, -0.1) is 0 Å². The number of rotatable bonds is 2. The van der Waals surface area contributed by atoms with Crippen molar-refractivity contribution in [3.63, 3.8) is 0 Å². The number of oxime groups is 1. The molecule has 1 N–H and O–H groups in total. The monoisotopic (exact) mass is 322 g/mol. The van der Waals surface area contributed by atoms with Crippen LogP contribution in [0.3, 0.4) is 0 Å². The Labute approximate surface area is 140 Å². The van der Waals surface area contributed by atoms with Crippen LogP contribution >= 0.6 is 0 Å². The summed E-state index contributed by atoms with van der Waals surface area (Å²) in [4.78, 5) is 20.0. The second-order valence-electron chi connectivity index (χ2n) is 6.18. The summed E-state index contributed by atoms with van der Waals surface area (Å²) in [6, 6.07) is 15.2. The predicted octanol–water partition coefficient (Wildman–Crippen LogP) is 2.79. The second-order valence-corrected chi connectivity index (χ2v) is 6.18. The highest BCUT2D eigenvalue weighted by Gasteiger charge is 2.31. The van der Waals surface area contributed by atoms with E-state index in [1.54, 1.807) is 17.0 Å². The van der Waals surface area contributed by atoms with Crippen LogP contribution in [0.2, 0.25) is 0 Å². The van der Waals surface area contributed by atoms with Crippen molar-refractivity contribution in [1.82, 2.24) is 4.90 Å². The summed E-state index contributed by atoms with van der Waals surface area (Å²) >= 11 is 0. The van der Waals surface area contributed by atoms with E-state index in [9.17, 15) is 9.90 Å². The number of nitrogens with zero attached hydrogens (tertiary/aromatic N) is 2. The summed E-state index contributed by atoms with van der Waals surface area (Å²) in [7, 11) is 0. The molecule has 0 radical (unpaired) electrons. The van der Waals surface area contributed by atoms with Gasteiger partial charge < -0.3 is 14.8 Å². The summed E-state index contributed by atoms with van der Waals surface area (Å²) in [5, 5.41) is 13.7. The van der Waals surface area contributed by atoms with Gasteiger partial charge in [-0.3, -0.25) is 4.79 Å². The van der Waals surface area contributed by atoms with Gasteiger partial charge in [0, 0.05) is 19.5 Å². The third-order valence-electron chi connectivity index (χ3n) is 4.58. The van der Waals surface area contributed by atoms with Crippen LogP contribution in [0.1, 0.15) is 29.2 Å². The van der Waals surface area contributed by atoms with Crippen LogP contribution in [0.15, 0.2) is 53.7 Å². The van der Waals surface area contributed by atoms with E-state index in [0.29, 0.717) is 25.2 Å². The number of phenols is 1. The molecular formula is C19H18N2O3. The lowest BCUT2D eigenvalue weighted by Crippen LogP contribution is -2.39. The Morgan fingerprint density at radius 2 is 2.00 bits per heavy atom. The summed E-state index contributed by atoms with van der Waals surface area (Å²) in [5.41, 5.74) is 3.67. The topological polar surface area (TPSA) is 62.1 Å². The first-order chi connectivity index (χ1) is 11.7. The number of phenolic OH excluding ortho intramolecular Hbond substituents is 1. The SMILES string of the molecule is O=C(C1=NO[C@H](c2ccccc2)C1)N1CCc2ccc(O)cc2C1. The molecule has 2 aromatic carbocycles. The largest absolute Gasteiger partial charge is 0.508 e. The zero-order valence-corrected chi connectivity index (χ0v) is 13.2. The maximum atomic E-state index is 12.7. The van der Waals surface area contributed by atoms with Gasteiger partial charge in [0.15, 0.2) is 6.10 Å². The van der Waals surface area contributed by atoms with E-state index in [2.05, 4.69) is 5.16 Å². The number of carbonyl (C=O) groups is 1. The molecule has 0 saturated carbocycles. The van der Waals surface area contributed by atoms with Gasteiger partial charge in [0.2, 0.25) is 0 Å². The fourth-order valence-corrected chi connectivity index (χ4v) is 3.25. The standard InChI is InChI=1S/C19H18N2O3/c22-16-7-6-13-8-9-21(12-15(13)10-16)19(23)17-11-18(24-20-17)14-4-2-1-3-5-14/h1-7,10,18,22H,8-9,11-12H2/t18-/m0/s1. The van der Waals surface area contributed by atoms with Crippen molar-refractivity contribution in [2.45, 2.75) is 25.5 Å². The Morgan fingerprint density at radius 3 is 2.83 bits per heavy atom.